The molecule has 3 rings (SSSR count). The number of para-hydroxylation sites is 1. The molecule has 0 aliphatic heterocycles. The first kappa shape index (κ1) is 14.0. The van der Waals surface area contributed by atoms with E-state index in [1.807, 2.05) is 44.2 Å². The Balaban J connectivity index is 1.90. The molecular formula is C17H15N3O2. The lowest BCUT2D eigenvalue weighted by Gasteiger charge is -2.06. The number of benzene rings is 1. The highest BCUT2D eigenvalue weighted by molar-refractivity contribution is 6.04. The van der Waals surface area contributed by atoms with Crippen molar-refractivity contribution in [2.24, 2.45) is 0 Å². The normalized spacial score (nSPS) is 10.5. The van der Waals surface area contributed by atoms with Crippen LogP contribution in [0.3, 0.4) is 0 Å². The number of pyridine rings is 1. The highest BCUT2D eigenvalue weighted by Gasteiger charge is 2.15. The summed E-state index contributed by atoms with van der Waals surface area (Å²) in [6, 6.07) is 12.7. The molecule has 0 spiro atoms. The molecule has 0 fully saturated rings. The van der Waals surface area contributed by atoms with Crippen molar-refractivity contribution in [1.82, 2.24) is 10.1 Å². The topological polar surface area (TPSA) is 68.0 Å². The molecule has 0 atom stereocenters. The maximum Gasteiger partial charge on any atom is 0.255 e. The molecule has 0 aliphatic rings. The number of rotatable bonds is 3. The van der Waals surface area contributed by atoms with Crippen molar-refractivity contribution in [2.45, 2.75) is 13.8 Å². The minimum atomic E-state index is -0.179. The fourth-order valence-corrected chi connectivity index (χ4v) is 2.28. The molecule has 2 heterocycles. The van der Waals surface area contributed by atoms with E-state index >= 15 is 0 Å². The standard InChI is InChI=1S/C17H15N3O2/c1-11-16(12(2)22-20-11)15-10-13(8-9-18-15)17(21)19-14-6-4-3-5-7-14/h3-10H,1-2H3,(H,19,21). The number of nitrogens with one attached hydrogen (secondary N) is 1. The van der Waals surface area contributed by atoms with Gasteiger partial charge in [0, 0.05) is 17.4 Å². The van der Waals surface area contributed by atoms with Gasteiger partial charge in [-0.05, 0) is 38.1 Å². The molecule has 5 nitrogen and oxygen atoms in total. The molecule has 0 saturated carbocycles. The van der Waals surface area contributed by atoms with Gasteiger partial charge in [0.1, 0.15) is 5.76 Å². The van der Waals surface area contributed by atoms with Crippen LogP contribution in [-0.4, -0.2) is 16.0 Å². The first-order valence-corrected chi connectivity index (χ1v) is 6.91. The van der Waals surface area contributed by atoms with Gasteiger partial charge in [0.05, 0.1) is 17.0 Å². The molecule has 1 N–H and O–H groups in total. The third-order valence-electron chi connectivity index (χ3n) is 3.34. The van der Waals surface area contributed by atoms with Gasteiger partial charge in [-0.25, -0.2) is 0 Å². The lowest BCUT2D eigenvalue weighted by Crippen LogP contribution is -2.12. The summed E-state index contributed by atoms with van der Waals surface area (Å²) in [7, 11) is 0. The van der Waals surface area contributed by atoms with E-state index in [1.165, 1.54) is 0 Å². The van der Waals surface area contributed by atoms with Gasteiger partial charge in [0.2, 0.25) is 0 Å². The van der Waals surface area contributed by atoms with E-state index in [0.717, 1.165) is 16.9 Å². The van der Waals surface area contributed by atoms with Crippen molar-refractivity contribution in [1.29, 1.82) is 0 Å². The lowest BCUT2D eigenvalue weighted by molar-refractivity contribution is 0.102. The Morgan fingerprint density at radius 3 is 2.59 bits per heavy atom. The average molecular weight is 293 g/mol. The monoisotopic (exact) mass is 293 g/mol. The van der Waals surface area contributed by atoms with E-state index in [-0.39, 0.29) is 5.91 Å². The lowest BCUT2D eigenvalue weighted by atomic mass is 10.1. The summed E-state index contributed by atoms with van der Waals surface area (Å²) in [5.74, 6) is 0.507. The molecule has 0 unspecified atom stereocenters. The van der Waals surface area contributed by atoms with Crippen LogP contribution in [0.4, 0.5) is 5.69 Å². The zero-order valence-electron chi connectivity index (χ0n) is 12.3. The van der Waals surface area contributed by atoms with Crippen molar-refractivity contribution in [2.75, 3.05) is 5.32 Å². The van der Waals surface area contributed by atoms with Gasteiger partial charge in [-0.3, -0.25) is 9.78 Å². The van der Waals surface area contributed by atoms with Crippen molar-refractivity contribution in [3.63, 3.8) is 0 Å². The smallest absolute Gasteiger partial charge is 0.255 e. The van der Waals surface area contributed by atoms with Crippen molar-refractivity contribution in [3.05, 3.63) is 65.7 Å². The van der Waals surface area contributed by atoms with Crippen LogP contribution in [0.25, 0.3) is 11.3 Å². The third kappa shape index (κ3) is 2.74. The van der Waals surface area contributed by atoms with Crippen molar-refractivity contribution < 1.29 is 9.32 Å². The summed E-state index contributed by atoms with van der Waals surface area (Å²) in [5.41, 5.74) is 3.55. The van der Waals surface area contributed by atoms with Gasteiger partial charge in [-0.15, -0.1) is 0 Å². The Morgan fingerprint density at radius 1 is 1.14 bits per heavy atom. The number of aromatic nitrogens is 2. The number of hydrogen-bond donors (Lipinski definition) is 1. The van der Waals surface area contributed by atoms with Crippen LogP contribution < -0.4 is 5.32 Å². The summed E-state index contributed by atoms with van der Waals surface area (Å²) in [6.07, 6.45) is 1.61. The van der Waals surface area contributed by atoms with E-state index in [9.17, 15) is 4.79 Å². The Hall–Kier alpha value is -2.95. The zero-order chi connectivity index (χ0) is 15.5. The molecule has 1 aromatic carbocycles. The van der Waals surface area contributed by atoms with Gasteiger partial charge in [0.25, 0.3) is 5.91 Å². The molecule has 110 valence electrons. The molecule has 0 saturated heterocycles. The minimum absolute atomic E-state index is 0.179. The molecule has 1 amide bonds. The number of carbonyl (C=O) groups is 1. The molecule has 2 aromatic heterocycles. The number of hydrogen-bond acceptors (Lipinski definition) is 4. The first-order valence-electron chi connectivity index (χ1n) is 6.91. The predicted octanol–water partition coefficient (Wildman–Crippen LogP) is 3.61. The van der Waals surface area contributed by atoms with Gasteiger partial charge in [-0.2, -0.15) is 0 Å². The Kier molecular flexibility index (Phi) is 3.70. The van der Waals surface area contributed by atoms with Crippen LogP contribution in [0.1, 0.15) is 21.8 Å². The SMILES string of the molecule is Cc1noc(C)c1-c1cc(C(=O)Nc2ccccc2)ccn1. The Morgan fingerprint density at radius 2 is 1.91 bits per heavy atom. The first-order chi connectivity index (χ1) is 10.6. The molecule has 0 radical (unpaired) electrons. The van der Waals surface area contributed by atoms with Crippen molar-refractivity contribution in [3.8, 4) is 11.3 Å². The molecular weight excluding hydrogens is 278 g/mol. The number of nitrogens with zero attached hydrogens (tertiary/aromatic N) is 2. The van der Waals surface area contributed by atoms with Crippen LogP contribution in [-0.2, 0) is 0 Å². The summed E-state index contributed by atoms with van der Waals surface area (Å²) < 4.78 is 5.16. The van der Waals surface area contributed by atoms with Crippen LogP contribution in [0.2, 0.25) is 0 Å². The third-order valence-corrected chi connectivity index (χ3v) is 3.34. The molecule has 3 aromatic rings. The molecule has 0 aliphatic carbocycles. The largest absolute Gasteiger partial charge is 0.361 e. The fourth-order valence-electron chi connectivity index (χ4n) is 2.28. The second-order valence-electron chi connectivity index (χ2n) is 4.95. The molecule has 5 heteroatoms. The van der Waals surface area contributed by atoms with E-state index in [1.54, 1.807) is 18.3 Å². The number of carbonyl (C=O) groups excluding carboxylic acids is 1. The number of aryl methyl sites for hydroxylation is 2. The second-order valence-corrected chi connectivity index (χ2v) is 4.95. The second kappa shape index (κ2) is 5.81. The highest BCUT2D eigenvalue weighted by Crippen LogP contribution is 2.25. The zero-order valence-corrected chi connectivity index (χ0v) is 12.3. The minimum Gasteiger partial charge on any atom is -0.361 e. The maximum absolute atomic E-state index is 12.3. The summed E-state index contributed by atoms with van der Waals surface area (Å²) in [4.78, 5) is 16.6. The summed E-state index contributed by atoms with van der Waals surface area (Å²) in [5, 5.41) is 6.77. The van der Waals surface area contributed by atoms with Crippen LogP contribution in [0.5, 0.6) is 0 Å². The van der Waals surface area contributed by atoms with E-state index in [0.29, 0.717) is 17.0 Å². The van der Waals surface area contributed by atoms with E-state index < -0.39 is 0 Å². The van der Waals surface area contributed by atoms with Gasteiger partial charge in [-0.1, -0.05) is 23.4 Å². The van der Waals surface area contributed by atoms with Crippen LogP contribution >= 0.6 is 0 Å². The summed E-state index contributed by atoms with van der Waals surface area (Å²) >= 11 is 0. The highest BCUT2D eigenvalue weighted by atomic mass is 16.5. The summed E-state index contributed by atoms with van der Waals surface area (Å²) in [6.45, 7) is 3.68. The van der Waals surface area contributed by atoms with Crippen molar-refractivity contribution >= 4 is 11.6 Å². The molecule has 22 heavy (non-hydrogen) atoms. The number of amides is 1. The van der Waals surface area contributed by atoms with E-state index in [2.05, 4.69) is 15.5 Å². The van der Waals surface area contributed by atoms with Crippen LogP contribution in [0, 0.1) is 13.8 Å². The quantitative estimate of drug-likeness (QED) is 0.801. The average Bonchev–Trinajstić information content (AvgIpc) is 2.87. The molecule has 0 bridgehead atoms. The van der Waals surface area contributed by atoms with Crippen LogP contribution in [0.15, 0.2) is 53.2 Å². The fraction of sp³-hybridized carbons (Fsp3) is 0.118. The predicted molar refractivity (Wildman–Crippen MR) is 83.6 cm³/mol. The Labute approximate surface area is 128 Å². The van der Waals surface area contributed by atoms with Gasteiger partial charge < -0.3 is 9.84 Å². The van der Waals surface area contributed by atoms with Gasteiger partial charge in [0.15, 0.2) is 0 Å². The number of anilines is 1. The van der Waals surface area contributed by atoms with Gasteiger partial charge >= 0.3 is 0 Å². The maximum atomic E-state index is 12.3. The van der Waals surface area contributed by atoms with E-state index in [4.69, 9.17) is 4.52 Å². The Bertz CT molecular complexity index is 790.